The molecule has 1 aliphatic carbocycles. The molecule has 3 unspecified atom stereocenters. The summed E-state index contributed by atoms with van der Waals surface area (Å²) in [5.74, 6) is 0.978. The first-order valence-corrected chi connectivity index (χ1v) is 8.96. The first kappa shape index (κ1) is 16.0. The van der Waals surface area contributed by atoms with Gasteiger partial charge in [0.05, 0.1) is 11.4 Å². The molecule has 3 N–H and O–H groups in total. The number of hydrogen-bond donors (Lipinski definition) is 2. The quantitative estimate of drug-likeness (QED) is 0.822. The molecule has 1 saturated carbocycles. The van der Waals surface area contributed by atoms with E-state index in [1.54, 1.807) is 12.1 Å². The summed E-state index contributed by atoms with van der Waals surface area (Å²) in [5, 5.41) is 3.05. The number of anilines is 2. The molecule has 0 heterocycles. The normalized spacial score (nSPS) is 23.5. The topological polar surface area (TPSA) is 72.2 Å². The van der Waals surface area contributed by atoms with Crippen molar-refractivity contribution in [2.24, 2.45) is 5.92 Å². The minimum atomic E-state index is -0.903. The predicted molar refractivity (Wildman–Crippen MR) is 88.5 cm³/mol. The lowest BCUT2D eigenvalue weighted by atomic mass is 9.91. The summed E-state index contributed by atoms with van der Waals surface area (Å²) < 4.78 is 12.3. The molecule has 0 aliphatic heterocycles. The summed E-state index contributed by atoms with van der Waals surface area (Å²) in [4.78, 5) is 11.9. The maximum Gasteiger partial charge on any atom is 0.225 e. The van der Waals surface area contributed by atoms with Crippen LogP contribution in [0, 0.1) is 5.92 Å². The number of nitrogen functional groups attached to an aromatic ring is 1. The molecule has 5 heteroatoms. The van der Waals surface area contributed by atoms with Crippen molar-refractivity contribution in [3.05, 3.63) is 24.3 Å². The summed E-state index contributed by atoms with van der Waals surface area (Å²) in [5.41, 5.74) is 6.96. The Morgan fingerprint density at radius 3 is 2.86 bits per heavy atom. The van der Waals surface area contributed by atoms with E-state index in [0.29, 0.717) is 23.0 Å². The van der Waals surface area contributed by atoms with Crippen LogP contribution in [0.5, 0.6) is 0 Å². The number of rotatable bonds is 5. The van der Waals surface area contributed by atoms with E-state index >= 15 is 0 Å². The number of para-hydroxylation sites is 2. The SMILES string of the molecule is CC1CCCC(S(=O)CCC(=O)Nc2ccccc2N)C1. The molecular weight excluding hydrogens is 284 g/mol. The molecule has 1 aliphatic rings. The molecule has 116 valence electrons. The fourth-order valence-electron chi connectivity index (χ4n) is 2.80. The van der Waals surface area contributed by atoms with E-state index in [2.05, 4.69) is 12.2 Å². The number of hydrogen-bond acceptors (Lipinski definition) is 3. The Morgan fingerprint density at radius 1 is 1.38 bits per heavy atom. The van der Waals surface area contributed by atoms with Gasteiger partial charge in [-0.25, -0.2) is 0 Å². The maximum atomic E-state index is 12.3. The van der Waals surface area contributed by atoms with Gasteiger partial charge in [-0.1, -0.05) is 31.9 Å². The summed E-state index contributed by atoms with van der Waals surface area (Å²) in [7, 11) is -0.903. The lowest BCUT2D eigenvalue weighted by Gasteiger charge is -2.25. The van der Waals surface area contributed by atoms with Crippen LogP contribution in [0.15, 0.2) is 24.3 Å². The van der Waals surface area contributed by atoms with Gasteiger partial charge in [0.2, 0.25) is 5.91 Å². The number of nitrogens with one attached hydrogen (secondary N) is 1. The van der Waals surface area contributed by atoms with Crippen molar-refractivity contribution in [2.75, 3.05) is 16.8 Å². The van der Waals surface area contributed by atoms with Gasteiger partial charge < -0.3 is 11.1 Å². The van der Waals surface area contributed by atoms with Gasteiger partial charge in [-0.05, 0) is 30.9 Å². The average molecular weight is 308 g/mol. The van der Waals surface area contributed by atoms with Crippen molar-refractivity contribution in [1.82, 2.24) is 0 Å². The zero-order valence-corrected chi connectivity index (χ0v) is 13.3. The van der Waals surface area contributed by atoms with Gasteiger partial charge >= 0.3 is 0 Å². The summed E-state index contributed by atoms with van der Waals surface area (Å²) in [6.45, 7) is 2.22. The van der Waals surface area contributed by atoms with Crippen LogP contribution < -0.4 is 11.1 Å². The molecule has 0 radical (unpaired) electrons. The Hall–Kier alpha value is -1.36. The maximum absolute atomic E-state index is 12.3. The third-order valence-electron chi connectivity index (χ3n) is 4.03. The standard InChI is InChI=1S/C16H24N2O2S/c1-12-5-4-6-13(11-12)21(20)10-9-16(19)18-15-8-3-2-7-14(15)17/h2-3,7-8,12-13H,4-6,9-11,17H2,1H3,(H,18,19). The zero-order chi connectivity index (χ0) is 15.2. The van der Waals surface area contributed by atoms with Crippen LogP contribution in [0.4, 0.5) is 11.4 Å². The van der Waals surface area contributed by atoms with Gasteiger partial charge in [-0.15, -0.1) is 0 Å². The fourth-order valence-corrected chi connectivity index (χ4v) is 4.49. The van der Waals surface area contributed by atoms with Crippen molar-refractivity contribution in [3.8, 4) is 0 Å². The minimum Gasteiger partial charge on any atom is -0.397 e. The Bertz CT molecular complexity index is 519. The van der Waals surface area contributed by atoms with Crippen LogP contribution in [0.2, 0.25) is 0 Å². The first-order valence-electron chi connectivity index (χ1n) is 7.58. The molecule has 0 saturated heterocycles. The largest absolute Gasteiger partial charge is 0.397 e. The van der Waals surface area contributed by atoms with E-state index in [4.69, 9.17) is 5.73 Å². The third kappa shape index (κ3) is 4.84. The lowest BCUT2D eigenvalue weighted by molar-refractivity contribution is -0.115. The molecule has 0 spiro atoms. The fraction of sp³-hybridized carbons (Fsp3) is 0.562. The second-order valence-corrected chi connectivity index (χ2v) is 7.70. The monoisotopic (exact) mass is 308 g/mol. The second-order valence-electron chi connectivity index (χ2n) is 5.86. The van der Waals surface area contributed by atoms with Gasteiger partial charge in [0, 0.05) is 28.2 Å². The van der Waals surface area contributed by atoms with Gasteiger partial charge in [-0.2, -0.15) is 0 Å². The van der Waals surface area contributed by atoms with Crippen LogP contribution in [0.25, 0.3) is 0 Å². The number of benzene rings is 1. The van der Waals surface area contributed by atoms with Gasteiger partial charge in [0.25, 0.3) is 0 Å². The van der Waals surface area contributed by atoms with Gasteiger partial charge in [-0.3, -0.25) is 9.00 Å². The molecule has 4 nitrogen and oxygen atoms in total. The van der Waals surface area contributed by atoms with Crippen molar-refractivity contribution < 1.29 is 9.00 Å². The number of amides is 1. The highest BCUT2D eigenvalue weighted by atomic mass is 32.2. The molecule has 3 atom stereocenters. The Labute approximate surface area is 129 Å². The van der Waals surface area contributed by atoms with Gasteiger partial charge in [0.15, 0.2) is 0 Å². The molecule has 1 fully saturated rings. The molecular formula is C16H24N2O2S. The molecule has 1 aromatic rings. The van der Waals surface area contributed by atoms with Crippen LogP contribution >= 0.6 is 0 Å². The Morgan fingerprint density at radius 2 is 2.14 bits per heavy atom. The summed E-state index contributed by atoms with van der Waals surface area (Å²) in [6, 6.07) is 7.17. The van der Waals surface area contributed by atoms with E-state index < -0.39 is 10.8 Å². The minimum absolute atomic E-state index is 0.120. The zero-order valence-electron chi connectivity index (χ0n) is 12.5. The van der Waals surface area contributed by atoms with E-state index in [-0.39, 0.29) is 17.6 Å². The van der Waals surface area contributed by atoms with Crippen LogP contribution in [0.3, 0.4) is 0 Å². The van der Waals surface area contributed by atoms with Gasteiger partial charge in [0.1, 0.15) is 0 Å². The average Bonchev–Trinajstić information content (AvgIpc) is 2.47. The first-order chi connectivity index (χ1) is 10.1. The molecule has 0 aromatic heterocycles. The Balaban J connectivity index is 1.78. The molecule has 21 heavy (non-hydrogen) atoms. The molecule has 0 bridgehead atoms. The van der Waals surface area contributed by atoms with E-state index in [1.165, 1.54) is 6.42 Å². The summed E-state index contributed by atoms with van der Waals surface area (Å²) >= 11 is 0. The van der Waals surface area contributed by atoms with E-state index in [9.17, 15) is 9.00 Å². The Kier molecular flexibility index (Phi) is 5.79. The highest BCUT2D eigenvalue weighted by molar-refractivity contribution is 7.85. The van der Waals surface area contributed by atoms with Crippen LogP contribution in [0.1, 0.15) is 39.0 Å². The molecule has 2 rings (SSSR count). The lowest BCUT2D eigenvalue weighted by Crippen LogP contribution is -2.26. The smallest absolute Gasteiger partial charge is 0.225 e. The van der Waals surface area contributed by atoms with Crippen LogP contribution in [-0.2, 0) is 15.6 Å². The molecule has 1 aromatic carbocycles. The van der Waals surface area contributed by atoms with E-state index in [1.807, 2.05) is 12.1 Å². The highest BCUT2D eigenvalue weighted by Crippen LogP contribution is 2.27. The number of nitrogens with two attached hydrogens (primary N) is 1. The predicted octanol–water partition coefficient (Wildman–Crippen LogP) is 2.92. The highest BCUT2D eigenvalue weighted by Gasteiger charge is 2.24. The van der Waals surface area contributed by atoms with Crippen molar-refractivity contribution in [3.63, 3.8) is 0 Å². The van der Waals surface area contributed by atoms with Crippen molar-refractivity contribution in [2.45, 2.75) is 44.3 Å². The van der Waals surface area contributed by atoms with E-state index in [0.717, 1.165) is 19.3 Å². The van der Waals surface area contributed by atoms with Crippen molar-refractivity contribution in [1.29, 1.82) is 0 Å². The number of carbonyl (C=O) groups is 1. The second kappa shape index (κ2) is 7.59. The third-order valence-corrected chi connectivity index (χ3v) is 5.80. The summed E-state index contributed by atoms with van der Waals surface area (Å²) in [6.07, 6.45) is 4.74. The molecule has 1 amide bonds. The number of carbonyl (C=O) groups excluding carboxylic acids is 1. The van der Waals surface area contributed by atoms with Crippen LogP contribution in [-0.4, -0.2) is 21.1 Å². The van der Waals surface area contributed by atoms with Crippen molar-refractivity contribution >= 4 is 28.1 Å².